The topological polar surface area (TPSA) is 79.4 Å². The van der Waals surface area contributed by atoms with Gasteiger partial charge in [0, 0.05) is 35.0 Å². The Morgan fingerprint density at radius 3 is 2.27 bits per heavy atom. The number of likely N-dealkylation sites (N-methyl/N-ethyl adjacent to an activating group) is 1. The molecule has 8 heteroatoms. The Hall–Kier alpha value is -3.78. The van der Waals surface area contributed by atoms with E-state index in [1.807, 2.05) is 43.3 Å². The van der Waals surface area contributed by atoms with Crippen molar-refractivity contribution in [3.8, 4) is 23.0 Å². The standard InChI is InChI=1S/C25H24N2O6/c1-27(2)5-6-31-25(28)18-7-14-17-10-23-24(33-13-32-23)11-20(17)26-12-19(14)16-9-22(30-4)21(29-3)8-15(16)18/h7-12H,5-6,13H2,1-4H3. The van der Waals surface area contributed by atoms with Crippen molar-refractivity contribution in [1.82, 2.24) is 9.88 Å². The predicted molar refractivity (Wildman–Crippen MR) is 125 cm³/mol. The van der Waals surface area contributed by atoms with Gasteiger partial charge in [-0.3, -0.25) is 4.98 Å². The zero-order chi connectivity index (χ0) is 23.1. The molecule has 1 aliphatic rings. The van der Waals surface area contributed by atoms with E-state index in [0.717, 1.165) is 27.1 Å². The zero-order valence-corrected chi connectivity index (χ0v) is 18.9. The van der Waals surface area contributed by atoms with Crippen LogP contribution < -0.4 is 18.9 Å². The summed E-state index contributed by atoms with van der Waals surface area (Å²) < 4.78 is 27.7. The average Bonchev–Trinajstić information content (AvgIpc) is 3.28. The Bertz CT molecular complexity index is 1400. The van der Waals surface area contributed by atoms with Gasteiger partial charge in [-0.05, 0) is 49.1 Å². The summed E-state index contributed by atoms with van der Waals surface area (Å²) in [5, 5.41) is 4.11. The quantitative estimate of drug-likeness (QED) is 0.323. The van der Waals surface area contributed by atoms with Gasteiger partial charge in [-0.25, -0.2) is 4.79 Å². The van der Waals surface area contributed by atoms with E-state index in [1.165, 1.54) is 0 Å². The Morgan fingerprint density at radius 2 is 1.58 bits per heavy atom. The van der Waals surface area contributed by atoms with Crippen LogP contribution in [-0.4, -0.2) is 64.1 Å². The minimum atomic E-state index is -0.401. The normalized spacial score (nSPS) is 12.6. The molecule has 5 rings (SSSR count). The zero-order valence-electron chi connectivity index (χ0n) is 18.9. The number of pyridine rings is 1. The van der Waals surface area contributed by atoms with Crippen LogP contribution in [0.25, 0.3) is 32.4 Å². The average molecular weight is 448 g/mol. The van der Waals surface area contributed by atoms with Gasteiger partial charge in [-0.2, -0.15) is 0 Å². The first-order chi connectivity index (χ1) is 16.0. The van der Waals surface area contributed by atoms with E-state index < -0.39 is 5.97 Å². The van der Waals surface area contributed by atoms with E-state index in [-0.39, 0.29) is 13.4 Å². The summed E-state index contributed by atoms with van der Waals surface area (Å²) in [6.45, 7) is 1.09. The van der Waals surface area contributed by atoms with Gasteiger partial charge in [0.25, 0.3) is 0 Å². The van der Waals surface area contributed by atoms with Crippen LogP contribution in [0.1, 0.15) is 10.4 Å². The van der Waals surface area contributed by atoms with Gasteiger partial charge in [0.1, 0.15) is 6.61 Å². The maximum absolute atomic E-state index is 13.2. The smallest absolute Gasteiger partial charge is 0.338 e. The molecule has 8 nitrogen and oxygen atoms in total. The summed E-state index contributed by atoms with van der Waals surface area (Å²) in [6.07, 6.45) is 1.80. The number of carbonyl (C=O) groups is 1. The number of carbonyl (C=O) groups excluding carboxylic acids is 1. The lowest BCUT2D eigenvalue weighted by Gasteiger charge is -2.16. The molecule has 0 spiro atoms. The van der Waals surface area contributed by atoms with Crippen molar-refractivity contribution >= 4 is 38.4 Å². The molecule has 0 unspecified atom stereocenters. The summed E-state index contributed by atoms with van der Waals surface area (Å²) in [7, 11) is 7.01. The van der Waals surface area contributed by atoms with Crippen LogP contribution in [0.4, 0.5) is 0 Å². The van der Waals surface area contributed by atoms with Crippen LogP contribution in [-0.2, 0) is 4.74 Å². The SMILES string of the molecule is COc1cc2c(C(=O)OCCN(C)C)cc3c4cc5c(cc4ncc3c2cc1OC)OCO5. The molecule has 0 atom stereocenters. The van der Waals surface area contributed by atoms with E-state index in [4.69, 9.17) is 23.7 Å². The van der Waals surface area contributed by atoms with Crippen LogP contribution >= 0.6 is 0 Å². The summed E-state index contributed by atoms with van der Waals surface area (Å²) in [5.74, 6) is 2.00. The largest absolute Gasteiger partial charge is 0.493 e. The monoisotopic (exact) mass is 448 g/mol. The maximum Gasteiger partial charge on any atom is 0.338 e. The summed E-state index contributed by atoms with van der Waals surface area (Å²) in [5.41, 5.74) is 1.20. The van der Waals surface area contributed by atoms with Crippen LogP contribution in [0.3, 0.4) is 0 Å². The predicted octanol–water partition coefficient (Wildman–Crippen LogP) is 4.01. The minimum Gasteiger partial charge on any atom is -0.493 e. The molecule has 0 saturated heterocycles. The third-order valence-corrected chi connectivity index (χ3v) is 5.79. The molecule has 0 aliphatic carbocycles. The number of methoxy groups -OCH3 is 2. The molecule has 33 heavy (non-hydrogen) atoms. The maximum atomic E-state index is 13.2. The van der Waals surface area contributed by atoms with Gasteiger partial charge in [0.2, 0.25) is 6.79 Å². The van der Waals surface area contributed by atoms with Crippen molar-refractivity contribution in [3.05, 3.63) is 42.1 Å². The van der Waals surface area contributed by atoms with Gasteiger partial charge >= 0.3 is 5.97 Å². The lowest BCUT2D eigenvalue weighted by Crippen LogP contribution is -2.20. The fraction of sp³-hybridized carbons (Fsp3) is 0.280. The molecule has 4 aromatic rings. The van der Waals surface area contributed by atoms with Crippen molar-refractivity contribution in [1.29, 1.82) is 0 Å². The molecule has 1 aliphatic heterocycles. The van der Waals surface area contributed by atoms with Crippen molar-refractivity contribution in [2.24, 2.45) is 0 Å². The molecule has 0 saturated carbocycles. The Morgan fingerprint density at radius 1 is 0.909 bits per heavy atom. The van der Waals surface area contributed by atoms with Crippen molar-refractivity contribution in [2.45, 2.75) is 0 Å². The highest BCUT2D eigenvalue weighted by Crippen LogP contribution is 2.42. The van der Waals surface area contributed by atoms with Crippen molar-refractivity contribution in [2.75, 3.05) is 48.3 Å². The summed E-state index contributed by atoms with van der Waals surface area (Å²) >= 11 is 0. The highest BCUT2D eigenvalue weighted by molar-refractivity contribution is 6.22. The molecule has 0 fully saturated rings. The molecule has 2 heterocycles. The van der Waals surface area contributed by atoms with E-state index in [1.54, 1.807) is 26.5 Å². The van der Waals surface area contributed by atoms with Gasteiger partial charge < -0.3 is 28.6 Å². The number of benzene rings is 3. The highest BCUT2D eigenvalue weighted by atomic mass is 16.7. The fourth-order valence-corrected chi connectivity index (χ4v) is 4.09. The molecule has 0 radical (unpaired) electrons. The molecule has 0 N–H and O–H groups in total. The number of ether oxygens (including phenoxy) is 5. The third kappa shape index (κ3) is 3.62. The number of nitrogens with zero attached hydrogens (tertiary/aromatic N) is 2. The first-order valence-corrected chi connectivity index (χ1v) is 10.5. The van der Waals surface area contributed by atoms with E-state index >= 15 is 0 Å². The lowest BCUT2D eigenvalue weighted by atomic mass is 9.95. The molecule has 1 aromatic heterocycles. The van der Waals surface area contributed by atoms with Crippen LogP contribution in [0.2, 0.25) is 0 Å². The second-order valence-electron chi connectivity index (χ2n) is 8.06. The Balaban J connectivity index is 1.79. The van der Waals surface area contributed by atoms with E-state index in [0.29, 0.717) is 40.5 Å². The van der Waals surface area contributed by atoms with Gasteiger partial charge in [0.15, 0.2) is 23.0 Å². The number of rotatable bonds is 6. The number of hydrogen-bond donors (Lipinski definition) is 0. The van der Waals surface area contributed by atoms with Crippen molar-refractivity contribution < 1.29 is 28.5 Å². The molecule has 170 valence electrons. The van der Waals surface area contributed by atoms with Crippen LogP contribution in [0.5, 0.6) is 23.0 Å². The minimum absolute atomic E-state index is 0.174. The lowest BCUT2D eigenvalue weighted by molar-refractivity contribution is 0.0484. The number of aromatic nitrogens is 1. The first-order valence-electron chi connectivity index (χ1n) is 10.5. The Labute approximate surface area is 190 Å². The molecule has 0 amide bonds. The molecule has 3 aromatic carbocycles. The van der Waals surface area contributed by atoms with E-state index in [9.17, 15) is 4.79 Å². The van der Waals surface area contributed by atoms with Crippen LogP contribution in [0.15, 0.2) is 36.5 Å². The van der Waals surface area contributed by atoms with Gasteiger partial charge in [-0.1, -0.05) is 0 Å². The Kier molecular flexibility index (Phi) is 5.30. The molecular weight excluding hydrogens is 424 g/mol. The molecule has 0 bridgehead atoms. The number of hydrogen-bond acceptors (Lipinski definition) is 8. The van der Waals surface area contributed by atoms with Gasteiger partial charge in [0.05, 0.1) is 25.3 Å². The van der Waals surface area contributed by atoms with Crippen LogP contribution in [0, 0.1) is 0 Å². The first kappa shape index (κ1) is 21.1. The second kappa shape index (κ2) is 8.29. The number of fused-ring (bicyclic) bond motifs is 6. The number of esters is 1. The van der Waals surface area contributed by atoms with Crippen molar-refractivity contribution in [3.63, 3.8) is 0 Å². The molecular formula is C25H24N2O6. The van der Waals surface area contributed by atoms with E-state index in [2.05, 4.69) is 4.98 Å². The second-order valence-corrected chi connectivity index (χ2v) is 8.06. The summed E-state index contributed by atoms with van der Waals surface area (Å²) in [4.78, 5) is 19.8. The third-order valence-electron chi connectivity index (χ3n) is 5.79. The summed E-state index contributed by atoms with van der Waals surface area (Å²) in [6, 6.07) is 9.28. The highest BCUT2D eigenvalue weighted by Gasteiger charge is 2.21. The fourth-order valence-electron chi connectivity index (χ4n) is 4.09. The van der Waals surface area contributed by atoms with Gasteiger partial charge in [-0.15, -0.1) is 0 Å².